The molecule has 3 atom stereocenters. The monoisotopic (exact) mass is 465 g/mol. The molecule has 1 saturated carbocycles. The first-order valence-corrected chi connectivity index (χ1v) is 12.4. The highest BCUT2D eigenvalue weighted by Crippen LogP contribution is 2.33. The molecule has 5 rings (SSSR count). The average molecular weight is 466 g/mol. The van der Waals surface area contributed by atoms with Gasteiger partial charge in [-0.3, -0.25) is 9.59 Å². The van der Waals surface area contributed by atoms with Gasteiger partial charge in [0, 0.05) is 51.0 Å². The molecule has 0 bridgehead atoms. The Labute approximate surface area is 199 Å². The number of hydrogen-bond donors (Lipinski definition) is 1. The van der Waals surface area contributed by atoms with Crippen LogP contribution in [0.4, 0.5) is 4.39 Å². The number of nitrogens with zero attached hydrogens (tertiary/aromatic N) is 4. The molecule has 8 heteroatoms. The van der Waals surface area contributed by atoms with E-state index < -0.39 is 0 Å². The fraction of sp³-hybridized carbons (Fsp3) is 0.538. The predicted molar refractivity (Wildman–Crippen MR) is 125 cm³/mol. The quantitative estimate of drug-likeness (QED) is 0.680. The summed E-state index contributed by atoms with van der Waals surface area (Å²) in [5, 5.41) is 3.22. The average Bonchev–Trinajstić information content (AvgIpc) is 3.59. The van der Waals surface area contributed by atoms with Crippen LogP contribution in [-0.4, -0.2) is 64.3 Å². The number of halogens is 1. The van der Waals surface area contributed by atoms with Gasteiger partial charge in [-0.25, -0.2) is 14.4 Å². The van der Waals surface area contributed by atoms with Crippen molar-refractivity contribution in [1.29, 1.82) is 0 Å². The lowest BCUT2D eigenvalue weighted by molar-refractivity contribution is -0.125. The number of likely N-dealkylation sites (tertiary alicyclic amines) is 2. The van der Waals surface area contributed by atoms with Crippen molar-refractivity contribution in [1.82, 2.24) is 25.1 Å². The molecule has 2 saturated heterocycles. The van der Waals surface area contributed by atoms with Gasteiger partial charge in [0.1, 0.15) is 12.1 Å². The Balaban J connectivity index is 1.17. The van der Waals surface area contributed by atoms with E-state index in [2.05, 4.69) is 20.2 Å². The van der Waals surface area contributed by atoms with E-state index in [1.54, 1.807) is 18.5 Å². The second-order valence-electron chi connectivity index (χ2n) is 10.0. The minimum absolute atomic E-state index is 0.00217. The Hall–Kier alpha value is -2.87. The van der Waals surface area contributed by atoms with Crippen molar-refractivity contribution >= 4 is 11.8 Å². The molecule has 3 heterocycles. The first-order valence-electron chi connectivity index (χ1n) is 12.4. The molecule has 3 fully saturated rings. The second-order valence-corrected chi connectivity index (χ2v) is 10.0. The van der Waals surface area contributed by atoms with Gasteiger partial charge in [-0.2, -0.15) is 0 Å². The smallest absolute Gasteiger partial charge is 0.257 e. The molecule has 2 amide bonds. The first-order chi connectivity index (χ1) is 16.6. The highest BCUT2D eigenvalue weighted by atomic mass is 19.1. The molecule has 1 N–H and O–H groups in total. The Morgan fingerprint density at radius 2 is 1.76 bits per heavy atom. The molecular formula is C26H32FN5O2. The number of aromatic nitrogens is 2. The molecule has 34 heavy (non-hydrogen) atoms. The molecular weight excluding hydrogens is 433 g/mol. The molecule has 1 aromatic heterocycles. The van der Waals surface area contributed by atoms with E-state index in [1.807, 2.05) is 11.0 Å². The van der Waals surface area contributed by atoms with Gasteiger partial charge in [0.05, 0.1) is 11.6 Å². The zero-order valence-electron chi connectivity index (χ0n) is 19.4. The Bertz CT molecular complexity index is 999. The van der Waals surface area contributed by atoms with Crippen molar-refractivity contribution in [3.63, 3.8) is 0 Å². The van der Waals surface area contributed by atoms with Gasteiger partial charge in [-0.1, -0.05) is 25.0 Å². The van der Waals surface area contributed by atoms with Crippen LogP contribution in [-0.2, 0) is 4.79 Å². The summed E-state index contributed by atoms with van der Waals surface area (Å²) >= 11 is 0. The molecule has 2 aliphatic heterocycles. The van der Waals surface area contributed by atoms with Crippen LogP contribution in [0.25, 0.3) is 0 Å². The van der Waals surface area contributed by atoms with Gasteiger partial charge in [0.15, 0.2) is 0 Å². The van der Waals surface area contributed by atoms with Gasteiger partial charge in [0.2, 0.25) is 5.91 Å². The molecule has 2 aromatic rings. The van der Waals surface area contributed by atoms with Gasteiger partial charge < -0.3 is 15.1 Å². The normalized spacial score (nSPS) is 23.7. The third-order valence-electron chi connectivity index (χ3n) is 7.68. The van der Waals surface area contributed by atoms with Gasteiger partial charge in [-0.05, 0) is 48.8 Å². The van der Waals surface area contributed by atoms with Crippen LogP contribution in [0.15, 0.2) is 43.0 Å². The van der Waals surface area contributed by atoms with Crippen LogP contribution in [0.1, 0.15) is 54.1 Å². The topological polar surface area (TPSA) is 78.4 Å². The van der Waals surface area contributed by atoms with Crippen molar-refractivity contribution in [3.8, 4) is 0 Å². The Morgan fingerprint density at radius 1 is 1.06 bits per heavy atom. The number of benzene rings is 1. The van der Waals surface area contributed by atoms with Crippen LogP contribution in [0.5, 0.6) is 0 Å². The largest absolute Gasteiger partial charge is 0.349 e. The van der Waals surface area contributed by atoms with Crippen LogP contribution in [0.3, 0.4) is 0 Å². The van der Waals surface area contributed by atoms with Gasteiger partial charge in [0.25, 0.3) is 5.91 Å². The van der Waals surface area contributed by atoms with Crippen LogP contribution < -0.4 is 5.32 Å². The predicted octanol–water partition coefficient (Wildman–Crippen LogP) is 3.06. The lowest BCUT2D eigenvalue weighted by Crippen LogP contribution is -2.36. The number of nitrogens with one attached hydrogen (secondary N) is 1. The number of hydrogen-bond acceptors (Lipinski definition) is 5. The fourth-order valence-corrected chi connectivity index (χ4v) is 5.87. The number of amides is 2. The van der Waals surface area contributed by atoms with Crippen molar-refractivity contribution in [2.24, 2.45) is 17.8 Å². The third-order valence-corrected chi connectivity index (χ3v) is 7.68. The summed E-state index contributed by atoms with van der Waals surface area (Å²) in [4.78, 5) is 37.8. The number of fused-ring (bicyclic) bond motifs is 1. The van der Waals surface area contributed by atoms with Gasteiger partial charge in [-0.15, -0.1) is 0 Å². The summed E-state index contributed by atoms with van der Waals surface area (Å²) in [5.74, 6) is 0.817. The lowest BCUT2D eigenvalue weighted by Gasteiger charge is -2.25. The first kappa shape index (κ1) is 22.9. The summed E-state index contributed by atoms with van der Waals surface area (Å²) in [6.45, 7) is 4.21. The molecule has 0 radical (unpaired) electrons. The van der Waals surface area contributed by atoms with E-state index in [1.165, 1.54) is 18.5 Å². The van der Waals surface area contributed by atoms with Crippen molar-refractivity contribution in [2.45, 2.75) is 38.1 Å². The van der Waals surface area contributed by atoms with Crippen molar-refractivity contribution in [2.75, 3.05) is 32.7 Å². The Morgan fingerprint density at radius 3 is 2.44 bits per heavy atom. The Kier molecular flexibility index (Phi) is 6.85. The minimum Gasteiger partial charge on any atom is -0.349 e. The van der Waals surface area contributed by atoms with Crippen LogP contribution in [0.2, 0.25) is 0 Å². The second kappa shape index (κ2) is 10.2. The minimum atomic E-state index is -0.276. The molecule has 180 valence electrons. The number of carbonyl (C=O) groups is 2. The zero-order valence-corrected chi connectivity index (χ0v) is 19.4. The standard InChI is InChI=1S/C26H32FN5O2/c27-23-7-3-6-19(10-23)24(30-25(33)18-4-1-2-5-18)8-9-31-13-21-15-32(16-22(21)14-31)26(34)20-11-28-17-29-12-20/h3,6-7,10-12,17-18,21-22,24H,1-2,4-5,8-9,13-16H2,(H,30,33)/t21-,22+,24-/m0/s1. The number of rotatable bonds is 7. The fourth-order valence-electron chi connectivity index (χ4n) is 5.87. The maximum absolute atomic E-state index is 13.9. The summed E-state index contributed by atoms with van der Waals surface area (Å²) < 4.78 is 13.9. The molecule has 0 spiro atoms. The molecule has 1 aliphatic carbocycles. The van der Waals surface area contributed by atoms with Gasteiger partial charge >= 0.3 is 0 Å². The molecule has 1 aromatic carbocycles. The van der Waals surface area contributed by atoms with E-state index >= 15 is 0 Å². The summed E-state index contributed by atoms with van der Waals surface area (Å²) in [6.07, 6.45) is 9.42. The summed E-state index contributed by atoms with van der Waals surface area (Å²) in [5.41, 5.74) is 1.36. The van der Waals surface area contributed by atoms with Crippen LogP contribution in [0, 0.1) is 23.6 Å². The van der Waals surface area contributed by atoms with E-state index in [4.69, 9.17) is 0 Å². The SMILES string of the molecule is O=C(N[C@@H](CCN1C[C@@H]2CN(C(=O)c3cncnc3)C[C@@H]2C1)c1cccc(F)c1)C1CCCC1. The van der Waals surface area contributed by atoms with Crippen molar-refractivity contribution in [3.05, 3.63) is 59.9 Å². The molecule has 3 aliphatic rings. The van der Waals surface area contributed by atoms with E-state index in [0.717, 1.165) is 70.4 Å². The maximum atomic E-state index is 13.9. The van der Waals surface area contributed by atoms with E-state index in [9.17, 15) is 14.0 Å². The van der Waals surface area contributed by atoms with E-state index in [-0.39, 0.29) is 29.6 Å². The van der Waals surface area contributed by atoms with E-state index in [0.29, 0.717) is 17.4 Å². The number of carbonyl (C=O) groups excluding carboxylic acids is 2. The third kappa shape index (κ3) is 5.12. The summed E-state index contributed by atoms with van der Waals surface area (Å²) in [7, 11) is 0. The highest BCUT2D eigenvalue weighted by Gasteiger charge is 2.41. The van der Waals surface area contributed by atoms with Crippen LogP contribution >= 0.6 is 0 Å². The highest BCUT2D eigenvalue weighted by molar-refractivity contribution is 5.93. The van der Waals surface area contributed by atoms with Crippen molar-refractivity contribution < 1.29 is 14.0 Å². The molecule has 7 nitrogen and oxygen atoms in total. The molecule has 0 unspecified atom stereocenters. The summed E-state index contributed by atoms with van der Waals surface area (Å²) in [6, 6.07) is 6.40. The maximum Gasteiger partial charge on any atom is 0.257 e. The lowest BCUT2D eigenvalue weighted by atomic mass is 10.0. The zero-order chi connectivity index (χ0) is 23.5.